The van der Waals surface area contributed by atoms with Crippen LogP contribution in [0.2, 0.25) is 6.32 Å². The number of halogens is 2. The minimum atomic E-state index is -1.33. The van der Waals surface area contributed by atoms with Gasteiger partial charge in [0.15, 0.2) is 0 Å². The average molecular weight is 345 g/mol. The molecule has 0 amide bonds. The quantitative estimate of drug-likeness (QED) is 0.521. The van der Waals surface area contributed by atoms with Gasteiger partial charge in [-0.1, -0.05) is 6.42 Å². The van der Waals surface area contributed by atoms with E-state index in [9.17, 15) is 9.90 Å². The molecule has 0 bridgehead atoms. The molecule has 1 aliphatic rings. The van der Waals surface area contributed by atoms with Crippen LogP contribution in [0.15, 0.2) is 0 Å². The molecule has 1 rings (SSSR count). The van der Waals surface area contributed by atoms with Crippen LogP contribution in [0.5, 0.6) is 0 Å². The molecule has 0 aromatic carbocycles. The van der Waals surface area contributed by atoms with E-state index in [0.717, 1.165) is 13.0 Å². The lowest BCUT2D eigenvalue weighted by Crippen LogP contribution is -2.54. The molecule has 3 unspecified atom stereocenters. The Bertz CT molecular complexity index is 324. The van der Waals surface area contributed by atoms with E-state index >= 15 is 0 Å². The number of carbonyl (C=O) groups is 1. The summed E-state index contributed by atoms with van der Waals surface area (Å²) < 4.78 is 0. The van der Waals surface area contributed by atoms with Crippen LogP contribution >= 0.6 is 24.8 Å². The summed E-state index contributed by atoms with van der Waals surface area (Å²) in [6.45, 7) is 0.810. The van der Waals surface area contributed by atoms with Crippen molar-refractivity contribution < 1.29 is 19.9 Å². The van der Waals surface area contributed by atoms with E-state index in [1.807, 2.05) is 19.0 Å². The Labute approximate surface area is 139 Å². The van der Waals surface area contributed by atoms with Crippen molar-refractivity contribution in [1.29, 1.82) is 0 Å². The van der Waals surface area contributed by atoms with Crippen LogP contribution in [0, 0.1) is 11.8 Å². The zero-order valence-corrected chi connectivity index (χ0v) is 14.2. The van der Waals surface area contributed by atoms with Gasteiger partial charge in [0.1, 0.15) is 5.54 Å². The molecule has 5 N–H and O–H groups in total. The van der Waals surface area contributed by atoms with Crippen molar-refractivity contribution in [2.45, 2.75) is 37.5 Å². The first-order valence-corrected chi connectivity index (χ1v) is 6.76. The lowest BCUT2D eigenvalue weighted by molar-refractivity contribution is -0.146. The third-order valence-corrected chi connectivity index (χ3v) is 3.85. The SMILES string of the molecule is CN(C)CC1CC(CCB(O)O)CC(N)(C(=O)O)C1.Cl.Cl. The Hall–Kier alpha value is -0.0451. The fourth-order valence-corrected chi connectivity index (χ4v) is 3.19. The molecule has 0 aromatic heterocycles. The smallest absolute Gasteiger partial charge is 0.451 e. The van der Waals surface area contributed by atoms with E-state index in [1.165, 1.54) is 0 Å². The van der Waals surface area contributed by atoms with Gasteiger partial charge in [-0.25, -0.2) is 0 Å². The average Bonchev–Trinajstić information content (AvgIpc) is 2.24. The number of nitrogens with zero attached hydrogens (tertiary/aromatic N) is 1. The minimum absolute atomic E-state index is 0. The van der Waals surface area contributed by atoms with Crippen molar-refractivity contribution in [3.63, 3.8) is 0 Å². The minimum Gasteiger partial charge on any atom is -0.480 e. The van der Waals surface area contributed by atoms with E-state index < -0.39 is 18.6 Å². The van der Waals surface area contributed by atoms with Gasteiger partial charge in [-0.05, 0) is 51.5 Å². The molecular formula is C12H27BCl2N2O4. The van der Waals surface area contributed by atoms with Crippen LogP contribution in [0.1, 0.15) is 25.7 Å². The number of rotatable bonds is 6. The second-order valence-electron chi connectivity index (χ2n) is 6.16. The van der Waals surface area contributed by atoms with Crippen LogP contribution in [-0.2, 0) is 4.79 Å². The Balaban J connectivity index is 0. The predicted molar refractivity (Wildman–Crippen MR) is 88.1 cm³/mol. The zero-order valence-electron chi connectivity index (χ0n) is 12.6. The first-order valence-electron chi connectivity index (χ1n) is 6.76. The second-order valence-corrected chi connectivity index (χ2v) is 6.16. The largest absolute Gasteiger partial charge is 0.480 e. The number of hydrogen-bond acceptors (Lipinski definition) is 5. The van der Waals surface area contributed by atoms with E-state index in [4.69, 9.17) is 15.8 Å². The molecule has 21 heavy (non-hydrogen) atoms. The van der Waals surface area contributed by atoms with Gasteiger partial charge in [0, 0.05) is 6.54 Å². The number of nitrogens with two attached hydrogens (primary N) is 1. The number of carboxylic acid groups (broad SMARTS) is 1. The van der Waals surface area contributed by atoms with Crippen molar-refractivity contribution in [2.24, 2.45) is 17.6 Å². The fourth-order valence-electron chi connectivity index (χ4n) is 3.19. The van der Waals surface area contributed by atoms with Crippen molar-refractivity contribution in [1.82, 2.24) is 4.90 Å². The topological polar surface area (TPSA) is 107 Å². The van der Waals surface area contributed by atoms with Crippen LogP contribution < -0.4 is 5.73 Å². The molecule has 3 atom stereocenters. The molecule has 0 aromatic rings. The number of carboxylic acids is 1. The maximum absolute atomic E-state index is 11.4. The third-order valence-electron chi connectivity index (χ3n) is 3.85. The summed E-state index contributed by atoms with van der Waals surface area (Å²) >= 11 is 0. The van der Waals surface area contributed by atoms with Gasteiger partial charge >= 0.3 is 13.1 Å². The standard InChI is InChI=1S/C12H25BN2O4.2ClH/c1-15(2)8-10-5-9(3-4-13(18)19)6-12(14,7-10)11(16)17;;/h9-10,18-19H,3-8,14H2,1-2H3,(H,16,17);2*1H. The van der Waals surface area contributed by atoms with Gasteiger partial charge in [0.05, 0.1) is 0 Å². The highest BCUT2D eigenvalue weighted by Crippen LogP contribution is 2.37. The zero-order chi connectivity index (χ0) is 14.6. The first-order chi connectivity index (χ1) is 8.73. The van der Waals surface area contributed by atoms with Gasteiger partial charge in [-0.2, -0.15) is 0 Å². The van der Waals surface area contributed by atoms with Gasteiger partial charge < -0.3 is 25.8 Å². The fraction of sp³-hybridized carbons (Fsp3) is 0.917. The summed E-state index contributed by atoms with van der Waals surface area (Å²) in [7, 11) is 2.59. The first kappa shape index (κ1) is 23.2. The van der Waals surface area contributed by atoms with E-state index in [1.54, 1.807) is 0 Å². The summed E-state index contributed by atoms with van der Waals surface area (Å²) in [6, 6.07) is 0. The summed E-state index contributed by atoms with van der Waals surface area (Å²) in [4.78, 5) is 13.4. The summed E-state index contributed by atoms with van der Waals surface area (Å²) in [5, 5.41) is 27.2. The maximum Gasteiger partial charge on any atom is 0.451 e. The van der Waals surface area contributed by atoms with Crippen LogP contribution in [-0.4, -0.2) is 59.3 Å². The monoisotopic (exact) mass is 344 g/mol. The van der Waals surface area contributed by atoms with E-state index in [-0.39, 0.29) is 43.0 Å². The molecule has 0 spiro atoms. The summed E-state index contributed by atoms with van der Waals surface area (Å²) in [6.07, 6.45) is 2.68. The Morgan fingerprint density at radius 3 is 2.24 bits per heavy atom. The van der Waals surface area contributed by atoms with Gasteiger partial charge in [0.25, 0.3) is 0 Å². The molecule has 6 nitrogen and oxygen atoms in total. The molecule has 0 aliphatic heterocycles. The Kier molecular flexibility index (Phi) is 10.9. The highest BCUT2D eigenvalue weighted by molar-refractivity contribution is 6.40. The molecule has 0 heterocycles. The van der Waals surface area contributed by atoms with Crippen molar-refractivity contribution >= 4 is 37.9 Å². The van der Waals surface area contributed by atoms with Gasteiger partial charge in [-0.3, -0.25) is 4.79 Å². The van der Waals surface area contributed by atoms with Crippen molar-refractivity contribution in [3.05, 3.63) is 0 Å². The number of aliphatic carboxylic acids is 1. The Morgan fingerprint density at radius 1 is 1.29 bits per heavy atom. The third kappa shape index (κ3) is 7.67. The lowest BCUT2D eigenvalue weighted by atomic mass is 9.67. The normalized spacial score (nSPS) is 28.5. The lowest BCUT2D eigenvalue weighted by Gasteiger charge is -2.40. The molecule has 0 radical (unpaired) electrons. The molecule has 1 fully saturated rings. The number of hydrogen-bond donors (Lipinski definition) is 4. The molecule has 126 valence electrons. The molecule has 0 saturated heterocycles. The molecule has 9 heteroatoms. The Morgan fingerprint density at radius 2 is 1.81 bits per heavy atom. The van der Waals surface area contributed by atoms with Crippen LogP contribution in [0.4, 0.5) is 0 Å². The molecule has 1 saturated carbocycles. The van der Waals surface area contributed by atoms with Crippen molar-refractivity contribution in [2.75, 3.05) is 20.6 Å². The summed E-state index contributed by atoms with van der Waals surface area (Å²) in [5.74, 6) is -0.571. The second kappa shape index (κ2) is 9.87. The highest BCUT2D eigenvalue weighted by Gasteiger charge is 2.43. The van der Waals surface area contributed by atoms with Gasteiger partial charge in [0.2, 0.25) is 0 Å². The van der Waals surface area contributed by atoms with Crippen LogP contribution in [0.25, 0.3) is 0 Å². The van der Waals surface area contributed by atoms with E-state index in [0.29, 0.717) is 19.3 Å². The van der Waals surface area contributed by atoms with Crippen LogP contribution in [0.3, 0.4) is 0 Å². The van der Waals surface area contributed by atoms with Gasteiger partial charge in [-0.15, -0.1) is 24.8 Å². The molecular weight excluding hydrogens is 318 g/mol. The predicted octanol–water partition coefficient (Wildman–Crippen LogP) is 0.453. The summed E-state index contributed by atoms with van der Waals surface area (Å²) in [5.41, 5.74) is 4.85. The maximum atomic E-state index is 11.4. The highest BCUT2D eigenvalue weighted by atomic mass is 35.5. The van der Waals surface area contributed by atoms with Crippen molar-refractivity contribution in [3.8, 4) is 0 Å². The van der Waals surface area contributed by atoms with E-state index in [2.05, 4.69) is 0 Å². The molecule has 1 aliphatic carbocycles.